The van der Waals surface area contributed by atoms with Crippen molar-refractivity contribution in [2.24, 2.45) is 0 Å². The summed E-state index contributed by atoms with van der Waals surface area (Å²) in [6.45, 7) is 0. The second kappa shape index (κ2) is 5.84. The maximum Gasteiger partial charge on any atom is 0.337 e. The number of carbonyl (C=O) groups is 1. The van der Waals surface area contributed by atoms with Gasteiger partial charge in [-0.15, -0.1) is 0 Å². The van der Waals surface area contributed by atoms with E-state index in [9.17, 15) is 13.2 Å². The number of anilines is 1. The average Bonchev–Trinajstić information content (AvgIpc) is 2.37. The fourth-order valence-corrected chi connectivity index (χ4v) is 2.92. The van der Waals surface area contributed by atoms with Crippen LogP contribution in [0.15, 0.2) is 35.5 Å². The van der Waals surface area contributed by atoms with Gasteiger partial charge in [0, 0.05) is 6.07 Å². The number of rotatable bonds is 4. The lowest BCUT2D eigenvalue weighted by molar-refractivity contribution is 0.0697. The van der Waals surface area contributed by atoms with Gasteiger partial charge >= 0.3 is 5.97 Å². The molecule has 0 unspecified atom stereocenters. The predicted molar refractivity (Wildman–Crippen MR) is 76.3 cm³/mol. The van der Waals surface area contributed by atoms with E-state index in [1.165, 1.54) is 6.07 Å². The number of hydrogen-bond acceptors (Lipinski definition) is 5. The Kier molecular flexibility index (Phi) is 4.31. The molecule has 2 rings (SSSR count). The summed E-state index contributed by atoms with van der Waals surface area (Å²) >= 11 is 11.4. The largest absolute Gasteiger partial charge is 0.478 e. The summed E-state index contributed by atoms with van der Waals surface area (Å²) in [6.07, 6.45) is 1.10. The Morgan fingerprint density at radius 3 is 2.48 bits per heavy atom. The van der Waals surface area contributed by atoms with Crippen LogP contribution in [0.3, 0.4) is 0 Å². The molecule has 0 aliphatic heterocycles. The van der Waals surface area contributed by atoms with Gasteiger partial charge in [-0.2, -0.15) is 0 Å². The van der Waals surface area contributed by atoms with Gasteiger partial charge in [0.15, 0.2) is 0 Å². The maximum absolute atomic E-state index is 12.1. The number of halogens is 2. The summed E-state index contributed by atoms with van der Waals surface area (Å²) in [7, 11) is -3.97. The minimum Gasteiger partial charge on any atom is -0.478 e. The van der Waals surface area contributed by atoms with Crippen molar-refractivity contribution in [3.8, 4) is 0 Å². The molecule has 2 N–H and O–H groups in total. The highest BCUT2D eigenvalue weighted by Gasteiger charge is 2.18. The number of hydrogen-bond donors (Lipinski definition) is 2. The van der Waals surface area contributed by atoms with Gasteiger partial charge < -0.3 is 5.11 Å². The van der Waals surface area contributed by atoms with Crippen LogP contribution in [-0.4, -0.2) is 29.5 Å². The second-order valence-corrected chi connectivity index (χ2v) is 6.26. The number of aromatic carboxylic acids is 1. The molecular formula is C11H7Cl2N3O4S. The van der Waals surface area contributed by atoms with Gasteiger partial charge in [-0.05, 0) is 18.2 Å². The first-order valence-corrected chi connectivity index (χ1v) is 7.57. The van der Waals surface area contributed by atoms with Crippen molar-refractivity contribution in [3.05, 3.63) is 46.3 Å². The van der Waals surface area contributed by atoms with Gasteiger partial charge in [0.25, 0.3) is 10.0 Å². The molecule has 110 valence electrons. The average molecular weight is 348 g/mol. The molecule has 2 aromatic rings. The number of carboxylic acid groups (broad SMARTS) is 1. The third-order valence-electron chi connectivity index (χ3n) is 2.35. The highest BCUT2D eigenvalue weighted by Crippen LogP contribution is 2.22. The molecule has 0 amide bonds. The highest BCUT2D eigenvalue weighted by atomic mass is 35.5. The fraction of sp³-hybridized carbons (Fsp3) is 0. The van der Waals surface area contributed by atoms with Crippen molar-refractivity contribution in [2.75, 3.05) is 4.72 Å². The predicted octanol–water partition coefficient (Wildman–Crippen LogP) is 2.28. The van der Waals surface area contributed by atoms with E-state index >= 15 is 0 Å². The molecule has 1 aromatic carbocycles. The van der Waals surface area contributed by atoms with Crippen molar-refractivity contribution >= 4 is 45.0 Å². The van der Waals surface area contributed by atoms with E-state index in [2.05, 4.69) is 14.7 Å². The number of carboxylic acids is 1. The van der Waals surface area contributed by atoms with Gasteiger partial charge in [-0.25, -0.2) is 23.2 Å². The number of nitrogens with zero attached hydrogens (tertiary/aromatic N) is 2. The normalized spacial score (nSPS) is 11.1. The van der Waals surface area contributed by atoms with Crippen LogP contribution in [0.5, 0.6) is 0 Å². The molecule has 0 aliphatic rings. The maximum atomic E-state index is 12.1. The van der Waals surface area contributed by atoms with Gasteiger partial charge in [0.05, 0.1) is 15.5 Å². The summed E-state index contributed by atoms with van der Waals surface area (Å²) in [6, 6.07) is 4.50. The summed E-state index contributed by atoms with van der Waals surface area (Å²) in [5.74, 6) is -1.27. The molecule has 0 saturated heterocycles. The molecular weight excluding hydrogens is 341 g/mol. The van der Waals surface area contributed by atoms with Crippen LogP contribution in [0.2, 0.25) is 10.2 Å². The van der Waals surface area contributed by atoms with Gasteiger partial charge in [-0.1, -0.05) is 23.2 Å². The van der Waals surface area contributed by atoms with Crippen molar-refractivity contribution < 1.29 is 18.3 Å². The Bertz CT molecular complexity index is 811. The zero-order chi connectivity index (χ0) is 15.6. The van der Waals surface area contributed by atoms with Crippen LogP contribution in [-0.2, 0) is 10.0 Å². The molecule has 10 heteroatoms. The number of benzene rings is 1. The number of nitrogens with one attached hydrogen (secondary N) is 1. The van der Waals surface area contributed by atoms with Crippen LogP contribution in [0.4, 0.5) is 5.82 Å². The van der Waals surface area contributed by atoms with Crippen molar-refractivity contribution in [1.29, 1.82) is 0 Å². The summed E-state index contributed by atoms with van der Waals surface area (Å²) < 4.78 is 26.4. The number of aromatic nitrogens is 2. The molecule has 1 aromatic heterocycles. The molecule has 0 fully saturated rings. The van der Waals surface area contributed by atoms with Crippen molar-refractivity contribution in [1.82, 2.24) is 9.97 Å². The molecule has 0 aliphatic carbocycles. The topological polar surface area (TPSA) is 109 Å². The minimum absolute atomic E-state index is 0.0200. The standard InChI is InChI=1S/C11H7Cl2N3O4S/c12-8-3-6(1-2-7(8)11(17)18)21(19,20)16-10-4-9(13)14-5-15-10/h1-5H,(H,17,18)(H,14,15,16). The molecule has 0 spiro atoms. The van der Waals surface area contributed by atoms with E-state index in [0.717, 1.165) is 24.5 Å². The Morgan fingerprint density at radius 1 is 1.19 bits per heavy atom. The fourth-order valence-electron chi connectivity index (χ4n) is 1.42. The lowest BCUT2D eigenvalue weighted by Gasteiger charge is -2.08. The zero-order valence-corrected chi connectivity index (χ0v) is 12.4. The van der Waals surface area contributed by atoms with Crippen LogP contribution in [0.25, 0.3) is 0 Å². The third kappa shape index (κ3) is 3.60. The Hall–Kier alpha value is -1.90. The minimum atomic E-state index is -3.97. The summed E-state index contributed by atoms with van der Waals surface area (Å²) in [5.41, 5.74) is -0.194. The van der Waals surface area contributed by atoms with E-state index < -0.39 is 16.0 Å². The monoisotopic (exact) mass is 347 g/mol. The van der Waals surface area contributed by atoms with Crippen LogP contribution in [0, 0.1) is 0 Å². The van der Waals surface area contributed by atoms with Crippen LogP contribution in [0.1, 0.15) is 10.4 Å². The first-order valence-electron chi connectivity index (χ1n) is 5.33. The quantitative estimate of drug-likeness (QED) is 0.821. The molecule has 0 saturated carbocycles. The van der Waals surface area contributed by atoms with Crippen molar-refractivity contribution in [3.63, 3.8) is 0 Å². The zero-order valence-electron chi connectivity index (χ0n) is 10.1. The van der Waals surface area contributed by atoms with Gasteiger partial charge in [0.1, 0.15) is 17.3 Å². The van der Waals surface area contributed by atoms with Crippen LogP contribution >= 0.6 is 23.2 Å². The Morgan fingerprint density at radius 2 is 1.90 bits per heavy atom. The lowest BCUT2D eigenvalue weighted by Crippen LogP contribution is -2.14. The molecule has 0 radical (unpaired) electrons. The Balaban J connectivity index is 2.36. The molecule has 0 atom stereocenters. The first kappa shape index (κ1) is 15.5. The van der Waals surface area contributed by atoms with E-state index in [-0.39, 0.29) is 26.5 Å². The van der Waals surface area contributed by atoms with Gasteiger partial charge in [0.2, 0.25) is 0 Å². The van der Waals surface area contributed by atoms with E-state index in [4.69, 9.17) is 28.3 Å². The van der Waals surface area contributed by atoms with E-state index in [0.29, 0.717) is 0 Å². The first-order chi connectivity index (χ1) is 9.79. The molecule has 0 bridgehead atoms. The highest BCUT2D eigenvalue weighted by molar-refractivity contribution is 7.92. The second-order valence-electron chi connectivity index (χ2n) is 3.78. The molecule has 7 nitrogen and oxygen atoms in total. The third-order valence-corrected chi connectivity index (χ3v) is 4.23. The van der Waals surface area contributed by atoms with Gasteiger partial charge in [-0.3, -0.25) is 4.72 Å². The lowest BCUT2D eigenvalue weighted by atomic mass is 10.2. The van der Waals surface area contributed by atoms with Crippen molar-refractivity contribution in [2.45, 2.75) is 4.90 Å². The van der Waals surface area contributed by atoms with E-state index in [1.807, 2.05) is 0 Å². The molecule has 21 heavy (non-hydrogen) atoms. The molecule has 1 heterocycles. The van der Waals surface area contributed by atoms with E-state index in [1.54, 1.807) is 0 Å². The Labute approximate surface area is 129 Å². The number of sulfonamides is 1. The smallest absolute Gasteiger partial charge is 0.337 e. The summed E-state index contributed by atoms with van der Waals surface area (Å²) in [5, 5.41) is 8.73. The SMILES string of the molecule is O=C(O)c1ccc(S(=O)(=O)Nc2cc(Cl)ncn2)cc1Cl. The summed E-state index contributed by atoms with van der Waals surface area (Å²) in [4.78, 5) is 18.0. The van der Waals surface area contributed by atoms with Crippen LogP contribution < -0.4 is 4.72 Å².